The summed E-state index contributed by atoms with van der Waals surface area (Å²) < 4.78 is 0. The lowest BCUT2D eigenvalue weighted by Gasteiger charge is -2.26. The predicted octanol–water partition coefficient (Wildman–Crippen LogP) is 4.36. The van der Waals surface area contributed by atoms with Gasteiger partial charge in [0.1, 0.15) is 0 Å². The van der Waals surface area contributed by atoms with Gasteiger partial charge >= 0.3 is 0 Å². The SMILES string of the molecule is CC(=O)Nc1cc(NCC2CC(C)=CC(C)C2)ccc1C. The minimum atomic E-state index is -0.0304. The van der Waals surface area contributed by atoms with Gasteiger partial charge < -0.3 is 10.6 Å². The van der Waals surface area contributed by atoms with Crippen molar-refractivity contribution in [3.05, 3.63) is 35.4 Å². The Kier molecular flexibility index (Phi) is 5.05. The summed E-state index contributed by atoms with van der Waals surface area (Å²) in [6.45, 7) is 9.04. The van der Waals surface area contributed by atoms with Gasteiger partial charge in [-0.3, -0.25) is 4.79 Å². The summed E-state index contributed by atoms with van der Waals surface area (Å²) in [7, 11) is 0. The number of anilines is 2. The highest BCUT2D eigenvalue weighted by Crippen LogP contribution is 2.28. The van der Waals surface area contributed by atoms with Gasteiger partial charge in [-0.2, -0.15) is 0 Å². The summed E-state index contributed by atoms with van der Waals surface area (Å²) in [4.78, 5) is 11.2. The highest BCUT2D eigenvalue weighted by Gasteiger charge is 2.17. The first-order chi connectivity index (χ1) is 9.94. The van der Waals surface area contributed by atoms with Crippen molar-refractivity contribution in [2.45, 2.75) is 40.5 Å². The average molecular weight is 286 g/mol. The van der Waals surface area contributed by atoms with Crippen LogP contribution in [0.15, 0.2) is 29.8 Å². The molecule has 3 nitrogen and oxygen atoms in total. The van der Waals surface area contributed by atoms with Gasteiger partial charge in [-0.15, -0.1) is 0 Å². The van der Waals surface area contributed by atoms with Crippen molar-refractivity contribution < 1.29 is 4.79 Å². The maximum Gasteiger partial charge on any atom is 0.221 e. The highest BCUT2D eigenvalue weighted by atomic mass is 16.1. The largest absolute Gasteiger partial charge is 0.385 e. The third-order valence-corrected chi connectivity index (χ3v) is 4.03. The zero-order valence-corrected chi connectivity index (χ0v) is 13.5. The van der Waals surface area contributed by atoms with Gasteiger partial charge in [0.2, 0.25) is 5.91 Å². The fraction of sp³-hybridized carbons (Fsp3) is 0.500. The summed E-state index contributed by atoms with van der Waals surface area (Å²) in [6, 6.07) is 6.14. The van der Waals surface area contributed by atoms with E-state index in [4.69, 9.17) is 0 Å². The molecule has 2 N–H and O–H groups in total. The first-order valence-corrected chi connectivity index (χ1v) is 7.73. The van der Waals surface area contributed by atoms with E-state index < -0.39 is 0 Å². The number of amides is 1. The second kappa shape index (κ2) is 6.79. The fourth-order valence-electron chi connectivity index (χ4n) is 3.16. The van der Waals surface area contributed by atoms with Crippen molar-refractivity contribution in [1.82, 2.24) is 0 Å². The van der Waals surface area contributed by atoms with Gasteiger partial charge in [-0.1, -0.05) is 24.6 Å². The molecule has 0 saturated heterocycles. The van der Waals surface area contributed by atoms with Crippen LogP contribution in [-0.4, -0.2) is 12.5 Å². The maximum absolute atomic E-state index is 11.2. The van der Waals surface area contributed by atoms with Crippen LogP contribution < -0.4 is 10.6 Å². The Labute approximate surface area is 127 Å². The van der Waals surface area contributed by atoms with Crippen LogP contribution in [0, 0.1) is 18.8 Å². The molecule has 2 atom stereocenters. The Morgan fingerprint density at radius 2 is 2.10 bits per heavy atom. The van der Waals surface area contributed by atoms with Crippen LogP contribution in [-0.2, 0) is 4.79 Å². The molecule has 0 aliphatic heterocycles. The number of nitrogens with one attached hydrogen (secondary N) is 2. The lowest BCUT2D eigenvalue weighted by molar-refractivity contribution is -0.114. The number of benzene rings is 1. The topological polar surface area (TPSA) is 41.1 Å². The van der Waals surface area contributed by atoms with Crippen LogP contribution >= 0.6 is 0 Å². The summed E-state index contributed by atoms with van der Waals surface area (Å²) in [5, 5.41) is 6.40. The Morgan fingerprint density at radius 1 is 1.33 bits per heavy atom. The fourth-order valence-corrected chi connectivity index (χ4v) is 3.16. The van der Waals surface area contributed by atoms with E-state index in [1.807, 2.05) is 19.1 Å². The summed E-state index contributed by atoms with van der Waals surface area (Å²) >= 11 is 0. The lowest BCUT2D eigenvalue weighted by Crippen LogP contribution is -2.20. The minimum Gasteiger partial charge on any atom is -0.385 e. The van der Waals surface area contributed by atoms with E-state index in [1.165, 1.54) is 25.3 Å². The van der Waals surface area contributed by atoms with E-state index >= 15 is 0 Å². The molecule has 1 aliphatic carbocycles. The Hall–Kier alpha value is -1.77. The van der Waals surface area contributed by atoms with Crippen molar-refractivity contribution in [2.75, 3.05) is 17.2 Å². The number of hydrogen-bond acceptors (Lipinski definition) is 2. The number of hydrogen-bond donors (Lipinski definition) is 2. The summed E-state index contributed by atoms with van der Waals surface area (Å²) in [6.07, 6.45) is 4.81. The van der Waals surface area contributed by atoms with E-state index in [2.05, 4.69) is 36.6 Å². The molecule has 21 heavy (non-hydrogen) atoms. The molecule has 0 bridgehead atoms. The predicted molar refractivity (Wildman–Crippen MR) is 89.6 cm³/mol. The molecule has 1 aliphatic rings. The van der Waals surface area contributed by atoms with Crippen LogP contribution in [0.2, 0.25) is 0 Å². The Morgan fingerprint density at radius 3 is 2.76 bits per heavy atom. The molecule has 0 radical (unpaired) electrons. The molecule has 0 saturated carbocycles. The number of carbonyl (C=O) groups excluding carboxylic acids is 1. The van der Waals surface area contributed by atoms with Gasteiger partial charge in [0.15, 0.2) is 0 Å². The molecular weight excluding hydrogens is 260 g/mol. The van der Waals surface area contributed by atoms with Gasteiger partial charge in [-0.25, -0.2) is 0 Å². The minimum absolute atomic E-state index is 0.0304. The molecule has 1 aromatic rings. The maximum atomic E-state index is 11.2. The van der Waals surface area contributed by atoms with Gasteiger partial charge in [0.05, 0.1) is 0 Å². The standard InChI is InChI=1S/C18H26N2O/c1-12-7-13(2)9-16(8-12)11-19-17-6-5-14(3)18(10-17)20-15(4)21/h5-7,10,12,16,19H,8-9,11H2,1-4H3,(H,20,21). The number of aryl methyl sites for hydroxylation is 1. The molecular formula is C18H26N2O. The zero-order chi connectivity index (χ0) is 15.4. The molecule has 0 fully saturated rings. The molecule has 2 rings (SSSR count). The lowest BCUT2D eigenvalue weighted by atomic mass is 9.84. The Balaban J connectivity index is 1.97. The van der Waals surface area contributed by atoms with Gasteiger partial charge in [-0.05, 0) is 56.2 Å². The quantitative estimate of drug-likeness (QED) is 0.808. The molecule has 0 spiro atoms. The smallest absolute Gasteiger partial charge is 0.221 e. The molecule has 0 aromatic heterocycles. The number of allylic oxidation sites excluding steroid dienone is 2. The van der Waals surface area contributed by atoms with Crippen molar-refractivity contribution in [1.29, 1.82) is 0 Å². The van der Waals surface area contributed by atoms with Crippen LogP contribution in [0.4, 0.5) is 11.4 Å². The van der Waals surface area contributed by atoms with E-state index in [0.29, 0.717) is 11.8 Å². The normalized spacial score (nSPS) is 21.6. The van der Waals surface area contributed by atoms with E-state index in [-0.39, 0.29) is 5.91 Å². The second-order valence-electron chi connectivity index (χ2n) is 6.39. The van der Waals surface area contributed by atoms with Crippen molar-refractivity contribution in [3.8, 4) is 0 Å². The van der Waals surface area contributed by atoms with Crippen molar-refractivity contribution in [3.63, 3.8) is 0 Å². The van der Waals surface area contributed by atoms with Crippen LogP contribution in [0.3, 0.4) is 0 Å². The molecule has 0 heterocycles. The monoisotopic (exact) mass is 286 g/mol. The molecule has 1 aromatic carbocycles. The second-order valence-corrected chi connectivity index (χ2v) is 6.39. The molecule has 3 heteroatoms. The van der Waals surface area contributed by atoms with Crippen LogP contribution in [0.5, 0.6) is 0 Å². The van der Waals surface area contributed by atoms with Crippen LogP contribution in [0.25, 0.3) is 0 Å². The molecule has 1 amide bonds. The van der Waals surface area contributed by atoms with Crippen LogP contribution in [0.1, 0.15) is 39.2 Å². The van der Waals surface area contributed by atoms with Crippen molar-refractivity contribution in [2.24, 2.45) is 11.8 Å². The first kappa shape index (κ1) is 15.6. The summed E-state index contributed by atoms with van der Waals surface area (Å²) in [5.41, 5.74) is 4.55. The first-order valence-electron chi connectivity index (χ1n) is 7.73. The highest BCUT2D eigenvalue weighted by molar-refractivity contribution is 5.90. The average Bonchev–Trinajstić information content (AvgIpc) is 2.38. The number of rotatable bonds is 4. The third kappa shape index (κ3) is 4.62. The molecule has 114 valence electrons. The van der Waals surface area contributed by atoms with E-state index in [0.717, 1.165) is 23.5 Å². The third-order valence-electron chi connectivity index (χ3n) is 4.03. The van der Waals surface area contributed by atoms with Gasteiger partial charge in [0.25, 0.3) is 0 Å². The van der Waals surface area contributed by atoms with Gasteiger partial charge in [0, 0.05) is 24.8 Å². The molecule has 2 unspecified atom stereocenters. The van der Waals surface area contributed by atoms with E-state index in [9.17, 15) is 4.79 Å². The zero-order valence-electron chi connectivity index (χ0n) is 13.5. The van der Waals surface area contributed by atoms with E-state index in [1.54, 1.807) is 0 Å². The Bertz CT molecular complexity index is 548. The summed E-state index contributed by atoms with van der Waals surface area (Å²) in [5.74, 6) is 1.34. The number of carbonyl (C=O) groups is 1. The van der Waals surface area contributed by atoms with Crippen molar-refractivity contribution >= 4 is 17.3 Å².